The number of benzene rings is 1. The molecule has 0 bridgehead atoms. The van der Waals surface area contributed by atoms with E-state index < -0.39 is 4.92 Å². The van der Waals surface area contributed by atoms with E-state index in [0.717, 1.165) is 12.0 Å². The summed E-state index contributed by atoms with van der Waals surface area (Å²) < 4.78 is 1.46. The summed E-state index contributed by atoms with van der Waals surface area (Å²) in [6, 6.07) is 7.57. The van der Waals surface area contributed by atoms with E-state index in [2.05, 4.69) is 10.3 Å². The second-order valence-corrected chi connectivity index (χ2v) is 4.63. The number of anilines is 1. The Bertz CT molecular complexity index is 679. The highest BCUT2D eigenvalue weighted by molar-refractivity contribution is 5.90. The maximum atomic E-state index is 12.0. The predicted octanol–water partition coefficient (Wildman–Crippen LogP) is 2.30. The monoisotopic (exact) mass is 288 g/mol. The van der Waals surface area contributed by atoms with Gasteiger partial charge in [0.15, 0.2) is 0 Å². The first kappa shape index (κ1) is 14.7. The van der Waals surface area contributed by atoms with Gasteiger partial charge in [-0.15, -0.1) is 0 Å². The van der Waals surface area contributed by atoms with E-state index in [-0.39, 0.29) is 18.3 Å². The number of rotatable bonds is 5. The van der Waals surface area contributed by atoms with Crippen LogP contribution in [0.4, 0.5) is 11.5 Å². The third-order valence-electron chi connectivity index (χ3n) is 3.08. The molecular formula is C14H16N4O3. The molecule has 0 spiro atoms. The minimum atomic E-state index is -0.577. The summed E-state index contributed by atoms with van der Waals surface area (Å²) in [5.41, 5.74) is 1.84. The summed E-state index contributed by atoms with van der Waals surface area (Å²) in [4.78, 5) is 25.8. The van der Waals surface area contributed by atoms with Gasteiger partial charge in [-0.1, -0.05) is 19.1 Å². The Morgan fingerprint density at radius 1 is 1.48 bits per heavy atom. The minimum Gasteiger partial charge on any atom is -0.358 e. The first-order valence-electron chi connectivity index (χ1n) is 6.56. The van der Waals surface area contributed by atoms with Gasteiger partial charge in [-0.05, 0) is 34.0 Å². The molecule has 2 aromatic rings. The zero-order chi connectivity index (χ0) is 15.4. The minimum absolute atomic E-state index is 0.0109. The molecule has 0 atom stereocenters. The van der Waals surface area contributed by atoms with Gasteiger partial charge in [0.05, 0.1) is 0 Å². The lowest BCUT2D eigenvalue weighted by molar-refractivity contribution is -0.389. The van der Waals surface area contributed by atoms with Crippen LogP contribution in [-0.4, -0.2) is 20.4 Å². The van der Waals surface area contributed by atoms with Gasteiger partial charge in [-0.25, -0.2) is 0 Å². The summed E-state index contributed by atoms with van der Waals surface area (Å²) in [5, 5.41) is 13.4. The number of amides is 1. The lowest BCUT2D eigenvalue weighted by atomic mass is 10.1. The number of aryl methyl sites for hydroxylation is 2. The van der Waals surface area contributed by atoms with Crippen LogP contribution < -0.4 is 5.32 Å². The topological polar surface area (TPSA) is 90.1 Å². The SMILES string of the molecule is CCc1cccc(NC(=O)Cn2cc([N+](=O)[O-])nc2C)c1. The Labute approximate surface area is 121 Å². The molecule has 7 nitrogen and oxygen atoms in total. The van der Waals surface area contributed by atoms with Gasteiger partial charge in [0.2, 0.25) is 11.7 Å². The first-order chi connectivity index (χ1) is 9.99. The van der Waals surface area contributed by atoms with Crippen molar-refractivity contribution >= 4 is 17.4 Å². The molecule has 0 aliphatic rings. The number of hydrogen-bond donors (Lipinski definition) is 1. The van der Waals surface area contributed by atoms with Crippen molar-refractivity contribution < 1.29 is 9.72 Å². The van der Waals surface area contributed by atoms with E-state index in [1.54, 1.807) is 13.0 Å². The van der Waals surface area contributed by atoms with Gasteiger partial charge in [-0.3, -0.25) is 9.36 Å². The zero-order valence-electron chi connectivity index (χ0n) is 11.9. The summed E-state index contributed by atoms with van der Waals surface area (Å²) in [6.07, 6.45) is 2.15. The Hall–Kier alpha value is -2.70. The third kappa shape index (κ3) is 3.65. The van der Waals surface area contributed by atoms with Gasteiger partial charge in [-0.2, -0.15) is 0 Å². The fourth-order valence-electron chi connectivity index (χ4n) is 1.96. The number of aromatic nitrogens is 2. The van der Waals surface area contributed by atoms with E-state index in [9.17, 15) is 14.9 Å². The molecule has 110 valence electrons. The van der Waals surface area contributed by atoms with Crippen molar-refractivity contribution in [1.29, 1.82) is 0 Å². The van der Waals surface area contributed by atoms with Crippen molar-refractivity contribution in [1.82, 2.24) is 9.55 Å². The summed E-state index contributed by atoms with van der Waals surface area (Å²) >= 11 is 0. The average Bonchev–Trinajstić information content (AvgIpc) is 2.80. The van der Waals surface area contributed by atoms with Crippen LogP contribution in [0, 0.1) is 17.0 Å². The number of nitro groups is 1. The molecule has 0 unspecified atom stereocenters. The molecule has 1 N–H and O–H groups in total. The van der Waals surface area contributed by atoms with E-state index >= 15 is 0 Å². The molecule has 0 aliphatic carbocycles. The molecule has 0 fully saturated rings. The van der Waals surface area contributed by atoms with Crippen LogP contribution in [0.1, 0.15) is 18.3 Å². The smallest absolute Gasteiger partial charge is 0.358 e. The Balaban J connectivity index is 2.06. The molecule has 7 heteroatoms. The van der Waals surface area contributed by atoms with Crippen LogP contribution in [0.3, 0.4) is 0 Å². The van der Waals surface area contributed by atoms with E-state index in [1.165, 1.54) is 10.8 Å². The van der Waals surface area contributed by atoms with Crippen LogP contribution in [0.2, 0.25) is 0 Å². The second kappa shape index (κ2) is 6.17. The van der Waals surface area contributed by atoms with Gasteiger partial charge in [0.25, 0.3) is 0 Å². The molecule has 1 heterocycles. The summed E-state index contributed by atoms with van der Waals surface area (Å²) in [7, 11) is 0. The fourth-order valence-corrected chi connectivity index (χ4v) is 1.96. The molecule has 0 saturated heterocycles. The molecule has 1 amide bonds. The van der Waals surface area contributed by atoms with Crippen molar-refractivity contribution in [3.63, 3.8) is 0 Å². The van der Waals surface area contributed by atoms with Crippen LogP contribution in [0.15, 0.2) is 30.5 Å². The lowest BCUT2D eigenvalue weighted by Gasteiger charge is -2.07. The van der Waals surface area contributed by atoms with Gasteiger partial charge >= 0.3 is 5.82 Å². The van der Waals surface area contributed by atoms with Crippen molar-refractivity contribution in [2.45, 2.75) is 26.8 Å². The quantitative estimate of drug-likeness (QED) is 0.675. The number of carbonyl (C=O) groups excluding carboxylic acids is 1. The summed E-state index contributed by atoms with van der Waals surface area (Å²) in [6.45, 7) is 3.65. The maximum Gasteiger partial charge on any atom is 0.381 e. The first-order valence-corrected chi connectivity index (χ1v) is 6.56. The average molecular weight is 288 g/mol. The third-order valence-corrected chi connectivity index (χ3v) is 3.08. The molecule has 0 radical (unpaired) electrons. The van der Waals surface area contributed by atoms with Crippen molar-refractivity contribution in [3.8, 4) is 0 Å². The highest BCUT2D eigenvalue weighted by atomic mass is 16.6. The normalized spacial score (nSPS) is 10.4. The van der Waals surface area contributed by atoms with Gasteiger partial charge in [0, 0.05) is 12.6 Å². The highest BCUT2D eigenvalue weighted by Crippen LogP contribution is 2.13. The molecular weight excluding hydrogens is 272 g/mol. The number of carbonyl (C=O) groups is 1. The lowest BCUT2D eigenvalue weighted by Crippen LogP contribution is -2.19. The van der Waals surface area contributed by atoms with Gasteiger partial charge < -0.3 is 15.4 Å². The maximum absolute atomic E-state index is 12.0. The molecule has 21 heavy (non-hydrogen) atoms. The Morgan fingerprint density at radius 3 is 2.86 bits per heavy atom. The fraction of sp³-hybridized carbons (Fsp3) is 0.286. The Morgan fingerprint density at radius 2 is 2.24 bits per heavy atom. The largest absolute Gasteiger partial charge is 0.381 e. The molecule has 1 aromatic carbocycles. The molecule has 0 aliphatic heterocycles. The van der Waals surface area contributed by atoms with Crippen molar-refractivity contribution in [2.24, 2.45) is 0 Å². The van der Waals surface area contributed by atoms with E-state index in [0.29, 0.717) is 11.5 Å². The van der Waals surface area contributed by atoms with Crippen LogP contribution in [0.5, 0.6) is 0 Å². The van der Waals surface area contributed by atoms with Gasteiger partial charge in [0.1, 0.15) is 12.7 Å². The number of nitrogens with one attached hydrogen (secondary N) is 1. The van der Waals surface area contributed by atoms with Crippen LogP contribution >= 0.6 is 0 Å². The zero-order valence-corrected chi connectivity index (χ0v) is 11.9. The van der Waals surface area contributed by atoms with Crippen molar-refractivity contribution in [2.75, 3.05) is 5.32 Å². The van der Waals surface area contributed by atoms with Crippen LogP contribution in [0.25, 0.3) is 0 Å². The predicted molar refractivity (Wildman–Crippen MR) is 78.1 cm³/mol. The highest BCUT2D eigenvalue weighted by Gasteiger charge is 2.16. The van der Waals surface area contributed by atoms with E-state index in [4.69, 9.17) is 0 Å². The Kier molecular flexibility index (Phi) is 4.32. The second-order valence-electron chi connectivity index (χ2n) is 4.63. The molecule has 2 rings (SSSR count). The standard InChI is InChI=1S/C14H16N4O3/c1-3-11-5-4-6-12(7-11)16-14(19)9-17-8-13(18(20)21)15-10(17)2/h4-8H,3,9H2,1-2H3,(H,16,19). The van der Waals surface area contributed by atoms with E-state index in [1.807, 2.05) is 25.1 Å². The number of imidazole rings is 1. The number of nitrogens with zero attached hydrogens (tertiary/aromatic N) is 3. The van der Waals surface area contributed by atoms with Crippen molar-refractivity contribution in [3.05, 3.63) is 52.0 Å². The molecule has 0 saturated carbocycles. The number of hydrogen-bond acceptors (Lipinski definition) is 4. The summed E-state index contributed by atoms with van der Waals surface area (Å²) in [5.74, 6) is -0.0777. The van der Waals surface area contributed by atoms with Crippen LogP contribution in [-0.2, 0) is 17.8 Å². The molecule has 1 aromatic heterocycles.